The molecule has 0 aromatic heterocycles. The first-order valence-electron chi connectivity index (χ1n) is 1.95. The number of carbonyl (C=O) groups excluding carboxylic acids is 1. The Morgan fingerprint density at radius 1 is 1.33 bits per heavy atom. The summed E-state index contributed by atoms with van der Waals surface area (Å²) in [5.74, 6) is 0. The fourth-order valence-electron chi connectivity index (χ4n) is 0. The fraction of sp³-hybridized carbons (Fsp3) is 0.800. The van der Waals surface area contributed by atoms with E-state index in [0.717, 1.165) is 0 Å². The molecule has 0 saturated carbocycles. The van der Waals surface area contributed by atoms with Crippen molar-refractivity contribution in [1.82, 2.24) is 0 Å². The van der Waals surface area contributed by atoms with Crippen LogP contribution in [0.3, 0.4) is 0 Å². The summed E-state index contributed by atoms with van der Waals surface area (Å²) in [4.78, 5) is 9.70. The maximum absolute atomic E-state index is 9.70. The predicted octanol–water partition coefficient (Wildman–Crippen LogP) is 1.14. The van der Waals surface area contributed by atoms with Crippen LogP contribution in [0, 0.1) is 5.41 Å². The van der Waals surface area contributed by atoms with Gasteiger partial charge in [-0.3, -0.25) is 0 Å². The van der Waals surface area contributed by atoms with Crippen molar-refractivity contribution in [2.24, 2.45) is 5.41 Å². The highest BCUT2D eigenvalue weighted by Gasteiger charge is 2.24. The lowest BCUT2D eigenvalue weighted by molar-refractivity contribution is 0.479. The number of hydrogen-bond acceptors (Lipinski definition) is 1. The lowest BCUT2D eigenvalue weighted by Gasteiger charge is -1.86. The topological polar surface area (TPSA) is 17.1 Å². The second-order valence-corrected chi connectivity index (χ2v) is 2.35. The van der Waals surface area contributed by atoms with Crippen LogP contribution in [0.15, 0.2) is 0 Å². The molecule has 0 aliphatic rings. The zero-order valence-electron chi connectivity index (χ0n) is 4.41. The minimum absolute atomic E-state index is 0.264. The molecule has 1 nitrogen and oxygen atoms in total. The Labute approximate surface area is 38.4 Å². The minimum atomic E-state index is -0.264. The van der Waals surface area contributed by atoms with E-state index in [2.05, 4.69) is 0 Å². The molecule has 0 spiro atoms. The Morgan fingerprint density at radius 2 is 1.50 bits per heavy atom. The van der Waals surface area contributed by atoms with Crippen LogP contribution in [0.5, 0.6) is 0 Å². The maximum Gasteiger partial charge on any atom is 0.511 e. The molecule has 34 valence electrons. The van der Waals surface area contributed by atoms with Gasteiger partial charge in [-0.15, -0.1) is 0 Å². The lowest BCUT2D eigenvalue weighted by Crippen LogP contribution is -2.04. The van der Waals surface area contributed by atoms with Gasteiger partial charge in [0.1, 0.15) is 0 Å². The second kappa shape index (κ2) is 1.36. The standard InChI is InChI=1S/C5H9O/c1-5(2,3)4-6/h1-3H3/q+1. The van der Waals surface area contributed by atoms with Gasteiger partial charge in [0.25, 0.3) is 0 Å². The second-order valence-electron chi connectivity index (χ2n) is 2.35. The summed E-state index contributed by atoms with van der Waals surface area (Å²) >= 11 is 0. The molecular weight excluding hydrogens is 76.1 g/mol. The summed E-state index contributed by atoms with van der Waals surface area (Å²) in [7, 11) is 0. The quantitative estimate of drug-likeness (QED) is 0.403. The molecule has 0 atom stereocenters. The van der Waals surface area contributed by atoms with Crippen molar-refractivity contribution in [2.75, 3.05) is 0 Å². The van der Waals surface area contributed by atoms with Gasteiger partial charge in [-0.25, -0.2) is 0 Å². The van der Waals surface area contributed by atoms with Crippen molar-refractivity contribution in [3.63, 3.8) is 0 Å². The first kappa shape index (κ1) is 5.58. The molecule has 0 radical (unpaired) electrons. The molecule has 0 aliphatic carbocycles. The van der Waals surface area contributed by atoms with Crippen LogP contribution in [0.4, 0.5) is 0 Å². The van der Waals surface area contributed by atoms with Gasteiger partial charge in [-0.2, -0.15) is 0 Å². The summed E-state index contributed by atoms with van der Waals surface area (Å²) in [6.07, 6.45) is 1.85. The molecule has 0 saturated heterocycles. The van der Waals surface area contributed by atoms with Crippen molar-refractivity contribution in [1.29, 1.82) is 0 Å². The molecule has 0 heterocycles. The first-order valence-corrected chi connectivity index (χ1v) is 1.95. The van der Waals surface area contributed by atoms with Gasteiger partial charge in [0, 0.05) is 4.79 Å². The molecule has 1 heteroatoms. The Hall–Kier alpha value is -0.420. The smallest absolute Gasteiger partial charge is 0.00470 e. The average Bonchev–Trinajstić information content (AvgIpc) is 1.35. The summed E-state index contributed by atoms with van der Waals surface area (Å²) in [5, 5.41) is 0. The normalized spacial score (nSPS) is 10.5. The molecule has 0 rings (SSSR count). The van der Waals surface area contributed by atoms with Crippen molar-refractivity contribution >= 4 is 6.29 Å². The van der Waals surface area contributed by atoms with Gasteiger partial charge in [-0.1, -0.05) is 0 Å². The van der Waals surface area contributed by atoms with E-state index >= 15 is 0 Å². The molecule has 0 bridgehead atoms. The van der Waals surface area contributed by atoms with E-state index in [1.54, 1.807) is 0 Å². The Bertz CT molecular complexity index is 49.4. The van der Waals surface area contributed by atoms with E-state index in [0.29, 0.717) is 0 Å². The Balaban J connectivity index is 3.45. The van der Waals surface area contributed by atoms with E-state index in [1.165, 1.54) is 0 Å². The van der Waals surface area contributed by atoms with Gasteiger partial charge in [0.15, 0.2) is 0 Å². The summed E-state index contributed by atoms with van der Waals surface area (Å²) in [6.45, 7) is 5.46. The molecule has 6 heavy (non-hydrogen) atoms. The molecule has 0 fully saturated rings. The zero-order valence-corrected chi connectivity index (χ0v) is 4.41. The van der Waals surface area contributed by atoms with Gasteiger partial charge in [0.05, 0.1) is 0 Å². The summed E-state index contributed by atoms with van der Waals surface area (Å²) in [5.41, 5.74) is -0.264. The zero-order chi connectivity index (χ0) is 5.21. The molecule has 0 aromatic rings. The Morgan fingerprint density at radius 3 is 1.50 bits per heavy atom. The average molecular weight is 85.1 g/mol. The largest absolute Gasteiger partial charge is 0.511 e. The van der Waals surface area contributed by atoms with E-state index in [9.17, 15) is 4.79 Å². The summed E-state index contributed by atoms with van der Waals surface area (Å²) in [6, 6.07) is 0. The van der Waals surface area contributed by atoms with Crippen LogP contribution in [0.1, 0.15) is 20.8 Å². The van der Waals surface area contributed by atoms with Gasteiger partial charge < -0.3 is 0 Å². The third kappa shape index (κ3) is 3.58. The molecule has 0 aromatic carbocycles. The molecule has 0 amide bonds. The third-order valence-electron chi connectivity index (χ3n) is 0.306. The van der Waals surface area contributed by atoms with Crippen LogP contribution in [0.2, 0.25) is 0 Å². The number of hydrogen-bond donors (Lipinski definition) is 0. The molecular formula is C5H9O+. The van der Waals surface area contributed by atoms with Crippen molar-refractivity contribution in [3.8, 4) is 0 Å². The predicted molar refractivity (Wildman–Crippen MR) is 25.1 cm³/mol. The van der Waals surface area contributed by atoms with Crippen LogP contribution in [-0.2, 0) is 4.79 Å². The highest BCUT2D eigenvalue weighted by atomic mass is 16.1. The third-order valence-corrected chi connectivity index (χ3v) is 0.306. The van der Waals surface area contributed by atoms with E-state index in [1.807, 2.05) is 27.1 Å². The Kier molecular flexibility index (Phi) is 1.26. The highest BCUT2D eigenvalue weighted by molar-refractivity contribution is 5.57. The van der Waals surface area contributed by atoms with Crippen molar-refractivity contribution in [3.05, 3.63) is 0 Å². The van der Waals surface area contributed by atoms with Gasteiger partial charge >= 0.3 is 6.29 Å². The molecule has 0 unspecified atom stereocenters. The first-order chi connectivity index (χ1) is 2.56. The SMILES string of the molecule is CC(C)(C)[C+]=O. The monoisotopic (exact) mass is 85.1 g/mol. The molecule has 0 N–H and O–H groups in total. The minimum Gasteiger partial charge on any atom is -0.00470 e. The van der Waals surface area contributed by atoms with Crippen molar-refractivity contribution < 1.29 is 4.79 Å². The van der Waals surface area contributed by atoms with E-state index in [-0.39, 0.29) is 5.41 Å². The van der Waals surface area contributed by atoms with Crippen LogP contribution >= 0.6 is 0 Å². The van der Waals surface area contributed by atoms with Crippen molar-refractivity contribution in [2.45, 2.75) is 20.8 Å². The lowest BCUT2D eigenvalue weighted by atomic mass is 10.0. The van der Waals surface area contributed by atoms with Gasteiger partial charge in [-0.05, 0) is 20.8 Å². The maximum atomic E-state index is 9.70. The van der Waals surface area contributed by atoms with E-state index < -0.39 is 0 Å². The highest BCUT2D eigenvalue weighted by Crippen LogP contribution is 2.05. The summed E-state index contributed by atoms with van der Waals surface area (Å²) < 4.78 is 0. The van der Waals surface area contributed by atoms with Gasteiger partial charge in [0.2, 0.25) is 5.41 Å². The molecule has 0 aliphatic heterocycles. The van der Waals surface area contributed by atoms with Crippen LogP contribution < -0.4 is 0 Å². The van der Waals surface area contributed by atoms with Crippen LogP contribution in [0.25, 0.3) is 0 Å². The van der Waals surface area contributed by atoms with E-state index in [4.69, 9.17) is 0 Å². The number of rotatable bonds is 0. The fourth-order valence-corrected chi connectivity index (χ4v) is 0. The van der Waals surface area contributed by atoms with Crippen LogP contribution in [-0.4, -0.2) is 6.29 Å².